The second kappa shape index (κ2) is 17.1. The Morgan fingerprint density at radius 2 is 1.57 bits per heavy atom. The lowest BCUT2D eigenvalue weighted by atomic mass is 9.84. The Labute approximate surface area is 270 Å². The van der Waals surface area contributed by atoms with E-state index in [1.165, 1.54) is 0 Å². The minimum atomic E-state index is -1.34. The number of carbonyl (C=O) groups excluding carboxylic acids is 6. The number of carbonyl (C=O) groups is 6. The number of nitrogens with one attached hydrogen (secondary N) is 4. The Balaban J connectivity index is 1.80. The van der Waals surface area contributed by atoms with Crippen molar-refractivity contribution in [2.24, 2.45) is 17.6 Å². The molecule has 0 unspecified atom stereocenters. The van der Waals surface area contributed by atoms with Crippen LogP contribution in [0.1, 0.15) is 84.6 Å². The Kier molecular flexibility index (Phi) is 13.5. The number of Topliss-reactive ketones (excluding diaryl/α,β-unsaturated/α-hetero) is 1. The highest BCUT2D eigenvalue weighted by Crippen LogP contribution is 2.28. The molecule has 46 heavy (non-hydrogen) atoms. The molecule has 13 heteroatoms. The third kappa shape index (κ3) is 11.7. The quantitative estimate of drug-likeness (QED) is 0.179. The second-order valence-corrected chi connectivity index (χ2v) is 13.2. The lowest BCUT2D eigenvalue weighted by molar-refractivity contribution is -0.140. The first-order valence-electron chi connectivity index (χ1n) is 16.1. The maximum Gasteiger partial charge on any atom is 0.408 e. The average molecular weight is 644 g/mol. The van der Waals surface area contributed by atoms with Gasteiger partial charge in [0.2, 0.25) is 23.5 Å². The van der Waals surface area contributed by atoms with Crippen molar-refractivity contribution in [3.8, 4) is 0 Å². The van der Waals surface area contributed by atoms with Crippen molar-refractivity contribution in [3.63, 3.8) is 0 Å². The van der Waals surface area contributed by atoms with Gasteiger partial charge < -0.3 is 36.5 Å². The molecule has 0 bridgehead atoms. The number of ketones is 1. The van der Waals surface area contributed by atoms with E-state index in [-0.39, 0.29) is 31.3 Å². The molecule has 1 aliphatic heterocycles. The summed E-state index contributed by atoms with van der Waals surface area (Å²) >= 11 is 0. The zero-order valence-electron chi connectivity index (χ0n) is 27.3. The van der Waals surface area contributed by atoms with Gasteiger partial charge >= 0.3 is 6.09 Å². The van der Waals surface area contributed by atoms with Crippen molar-refractivity contribution in [1.82, 2.24) is 21.3 Å². The van der Waals surface area contributed by atoms with Gasteiger partial charge in [-0.1, -0.05) is 62.4 Å². The number of benzene rings is 1. The third-order valence-electron chi connectivity index (χ3n) is 8.26. The fourth-order valence-corrected chi connectivity index (χ4v) is 5.99. The predicted molar refractivity (Wildman–Crippen MR) is 169 cm³/mol. The Hall–Kier alpha value is -4.00. The monoisotopic (exact) mass is 643 g/mol. The first-order valence-corrected chi connectivity index (χ1v) is 16.1. The molecule has 0 aromatic heterocycles. The average Bonchev–Trinajstić information content (AvgIpc) is 3.41. The molecule has 1 saturated heterocycles. The van der Waals surface area contributed by atoms with Crippen LogP contribution in [0, 0.1) is 11.8 Å². The summed E-state index contributed by atoms with van der Waals surface area (Å²) < 4.78 is 11.4. The number of hydrogen-bond acceptors (Lipinski definition) is 8. The molecule has 1 aromatic rings. The molecule has 2 aliphatic rings. The van der Waals surface area contributed by atoms with Gasteiger partial charge in [-0.15, -0.1) is 0 Å². The molecule has 6 N–H and O–H groups in total. The number of hydrogen-bond donors (Lipinski definition) is 5. The summed E-state index contributed by atoms with van der Waals surface area (Å²) in [6.07, 6.45) is 3.73. The topological polar surface area (TPSA) is 195 Å². The Bertz CT molecular complexity index is 1230. The molecule has 3 rings (SSSR count). The number of nitrogens with two attached hydrogens (primary N) is 1. The second-order valence-electron chi connectivity index (χ2n) is 13.2. The molecule has 0 radical (unpaired) electrons. The number of alkyl carbamates (subject to hydrolysis) is 1. The highest BCUT2D eigenvalue weighted by molar-refractivity contribution is 6.37. The van der Waals surface area contributed by atoms with Gasteiger partial charge in [0.15, 0.2) is 0 Å². The van der Waals surface area contributed by atoms with E-state index in [9.17, 15) is 28.8 Å². The van der Waals surface area contributed by atoms with Crippen LogP contribution >= 0.6 is 0 Å². The third-order valence-corrected chi connectivity index (χ3v) is 8.26. The van der Waals surface area contributed by atoms with E-state index in [0.717, 1.165) is 37.7 Å². The number of primary amides is 1. The molecular weight excluding hydrogens is 594 g/mol. The van der Waals surface area contributed by atoms with E-state index < -0.39 is 65.3 Å². The molecule has 1 aliphatic carbocycles. The van der Waals surface area contributed by atoms with Gasteiger partial charge in [-0.3, -0.25) is 24.0 Å². The van der Waals surface area contributed by atoms with Crippen LogP contribution in [0.3, 0.4) is 0 Å². The molecule has 1 saturated carbocycles. The molecule has 1 heterocycles. The summed E-state index contributed by atoms with van der Waals surface area (Å²) in [4.78, 5) is 77.3. The largest absolute Gasteiger partial charge is 0.445 e. The zero-order chi connectivity index (χ0) is 33.9. The van der Waals surface area contributed by atoms with E-state index in [2.05, 4.69) is 21.3 Å². The number of rotatable bonds is 15. The van der Waals surface area contributed by atoms with Gasteiger partial charge in [0.1, 0.15) is 18.7 Å². The van der Waals surface area contributed by atoms with E-state index in [0.29, 0.717) is 13.0 Å². The maximum atomic E-state index is 13.9. The fourth-order valence-electron chi connectivity index (χ4n) is 5.99. The van der Waals surface area contributed by atoms with Gasteiger partial charge in [0.05, 0.1) is 17.7 Å². The van der Waals surface area contributed by atoms with Crippen LogP contribution in [-0.2, 0) is 40.1 Å². The van der Waals surface area contributed by atoms with Crippen molar-refractivity contribution in [2.45, 2.75) is 115 Å². The van der Waals surface area contributed by atoms with Crippen molar-refractivity contribution < 1.29 is 38.2 Å². The highest BCUT2D eigenvalue weighted by atomic mass is 16.6. The molecular formula is C33H49N5O8. The van der Waals surface area contributed by atoms with Crippen LogP contribution in [0.15, 0.2) is 30.3 Å². The number of amides is 5. The molecule has 13 nitrogen and oxygen atoms in total. The van der Waals surface area contributed by atoms with Crippen LogP contribution in [0.5, 0.6) is 0 Å². The van der Waals surface area contributed by atoms with E-state index >= 15 is 0 Å². The van der Waals surface area contributed by atoms with Gasteiger partial charge in [0, 0.05) is 12.5 Å². The minimum absolute atomic E-state index is 0.0173. The molecule has 0 spiro atoms. The smallest absolute Gasteiger partial charge is 0.408 e. The summed E-state index contributed by atoms with van der Waals surface area (Å²) in [5.41, 5.74) is 5.38. The molecule has 2 fully saturated rings. The van der Waals surface area contributed by atoms with Crippen molar-refractivity contribution >= 4 is 35.5 Å². The van der Waals surface area contributed by atoms with Crippen molar-refractivity contribution in [2.75, 3.05) is 6.54 Å². The predicted octanol–water partition coefficient (Wildman–Crippen LogP) is 2.01. The summed E-state index contributed by atoms with van der Waals surface area (Å²) in [6.45, 7) is 7.48. The fraction of sp³-hybridized carbons (Fsp3) is 0.636. The molecule has 1 aromatic carbocycles. The molecule has 254 valence electrons. The lowest BCUT2D eigenvalue weighted by Gasteiger charge is -2.32. The SMILES string of the molecule is C[C@@H](OC(C)(C)C)[C@H](NC(=O)OCc1ccccc1)C(=O)N[C@@H](CC1CCCCC1)C(=O)N[C@@H](C[C@@H]1CCNC1=O)C(=O)C(N)=O. The summed E-state index contributed by atoms with van der Waals surface area (Å²) in [5, 5.41) is 10.7. The van der Waals surface area contributed by atoms with Gasteiger partial charge in [-0.25, -0.2) is 4.79 Å². The maximum absolute atomic E-state index is 13.9. The van der Waals surface area contributed by atoms with Crippen LogP contribution in [0.2, 0.25) is 0 Å². The zero-order valence-corrected chi connectivity index (χ0v) is 27.3. The Morgan fingerprint density at radius 1 is 0.913 bits per heavy atom. The summed E-state index contributed by atoms with van der Waals surface area (Å²) in [6, 6.07) is 5.37. The van der Waals surface area contributed by atoms with E-state index in [4.69, 9.17) is 15.2 Å². The normalized spacial score (nSPS) is 19.6. The highest BCUT2D eigenvalue weighted by Gasteiger charge is 2.38. The molecule has 5 atom stereocenters. The standard InChI is InChI=1S/C33H49N5O8/c1-20(46-33(2,3)4)26(38-32(44)45-19-22-13-9-6-10-14-22)31(43)37-25(17-21-11-7-5-8-12-21)30(42)36-24(27(39)28(34)40)18-23-15-16-35-29(23)41/h6,9-10,13-14,20-21,23-26H,5,7-8,11-12,15-19H2,1-4H3,(H2,34,40)(H,35,41)(H,36,42)(H,37,43)(H,38,44)/t20-,23+,24+,25+,26+/m1/s1. The van der Waals surface area contributed by atoms with Crippen LogP contribution in [-0.4, -0.2) is 71.9 Å². The van der Waals surface area contributed by atoms with Gasteiger partial charge in [-0.2, -0.15) is 0 Å². The summed E-state index contributed by atoms with van der Waals surface area (Å²) in [7, 11) is 0. The van der Waals surface area contributed by atoms with Crippen LogP contribution in [0.25, 0.3) is 0 Å². The minimum Gasteiger partial charge on any atom is -0.445 e. The van der Waals surface area contributed by atoms with Crippen LogP contribution in [0.4, 0.5) is 4.79 Å². The number of ether oxygens (including phenoxy) is 2. The first-order chi connectivity index (χ1) is 21.7. The Morgan fingerprint density at radius 3 is 2.15 bits per heavy atom. The van der Waals surface area contributed by atoms with Gasteiger partial charge in [0.25, 0.3) is 5.91 Å². The van der Waals surface area contributed by atoms with Crippen molar-refractivity contribution in [3.05, 3.63) is 35.9 Å². The molecule has 5 amide bonds. The lowest BCUT2D eigenvalue weighted by Crippen LogP contribution is -2.60. The summed E-state index contributed by atoms with van der Waals surface area (Å²) in [5.74, 6) is -4.35. The first kappa shape index (κ1) is 36.5. The van der Waals surface area contributed by atoms with E-state index in [1.807, 2.05) is 39.0 Å². The van der Waals surface area contributed by atoms with E-state index in [1.54, 1.807) is 19.1 Å². The van der Waals surface area contributed by atoms with Crippen LogP contribution < -0.4 is 27.0 Å². The van der Waals surface area contributed by atoms with Crippen molar-refractivity contribution in [1.29, 1.82) is 0 Å². The van der Waals surface area contributed by atoms with Gasteiger partial charge in [-0.05, 0) is 58.4 Å².